The molecule has 0 aromatic heterocycles. The van der Waals surface area contributed by atoms with Gasteiger partial charge in [-0.3, -0.25) is 24.7 Å². The zero-order chi connectivity index (χ0) is 16.6. The van der Waals surface area contributed by atoms with Gasteiger partial charge >= 0.3 is 0 Å². The largest absolute Gasteiger partial charge is 0.364 e. The number of hydrogen-bond donors (Lipinski definition) is 3. The van der Waals surface area contributed by atoms with Gasteiger partial charge in [-0.2, -0.15) is 0 Å². The Morgan fingerprint density at radius 2 is 2.09 bits per heavy atom. The SMILES string of the molecule is O=C1CCC(N2Cc3c(N=CC(O)O)cccc3C2=O)C(=O)N1. The van der Waals surface area contributed by atoms with Crippen molar-refractivity contribution < 1.29 is 24.6 Å². The molecule has 23 heavy (non-hydrogen) atoms. The fourth-order valence-electron chi connectivity index (χ4n) is 2.84. The van der Waals surface area contributed by atoms with Gasteiger partial charge in [-0.15, -0.1) is 0 Å². The van der Waals surface area contributed by atoms with Crippen molar-refractivity contribution in [3.8, 4) is 0 Å². The number of aliphatic hydroxyl groups is 2. The molecule has 0 bridgehead atoms. The van der Waals surface area contributed by atoms with E-state index in [0.717, 1.165) is 6.21 Å². The van der Waals surface area contributed by atoms with Gasteiger partial charge in [-0.05, 0) is 18.6 Å². The Morgan fingerprint density at radius 1 is 1.30 bits per heavy atom. The van der Waals surface area contributed by atoms with E-state index in [4.69, 9.17) is 10.2 Å². The normalized spacial score (nSPS) is 21.3. The van der Waals surface area contributed by atoms with Crippen LogP contribution in [0.5, 0.6) is 0 Å². The third-order valence-corrected chi connectivity index (χ3v) is 3.90. The molecule has 0 aliphatic carbocycles. The van der Waals surface area contributed by atoms with Crippen molar-refractivity contribution in [2.75, 3.05) is 0 Å². The van der Waals surface area contributed by atoms with Gasteiger partial charge in [0.1, 0.15) is 6.04 Å². The minimum Gasteiger partial charge on any atom is -0.364 e. The van der Waals surface area contributed by atoms with Crippen molar-refractivity contribution in [3.05, 3.63) is 29.3 Å². The van der Waals surface area contributed by atoms with E-state index in [0.29, 0.717) is 23.2 Å². The van der Waals surface area contributed by atoms with Crippen LogP contribution in [0.4, 0.5) is 5.69 Å². The molecule has 1 aromatic carbocycles. The summed E-state index contributed by atoms with van der Waals surface area (Å²) in [5.74, 6) is -1.10. The number of imide groups is 1. The van der Waals surface area contributed by atoms with Crippen LogP contribution in [-0.2, 0) is 16.1 Å². The predicted molar refractivity (Wildman–Crippen MR) is 78.9 cm³/mol. The number of rotatable bonds is 3. The smallest absolute Gasteiger partial charge is 0.255 e. The molecule has 0 saturated carbocycles. The number of nitrogens with one attached hydrogen (secondary N) is 1. The van der Waals surface area contributed by atoms with Crippen LogP contribution in [-0.4, -0.2) is 51.4 Å². The number of aliphatic imine (C=N–C) groups is 1. The molecule has 8 heteroatoms. The zero-order valence-corrected chi connectivity index (χ0v) is 12.1. The molecule has 1 unspecified atom stereocenters. The highest BCUT2D eigenvalue weighted by atomic mass is 16.5. The van der Waals surface area contributed by atoms with Gasteiger partial charge in [0, 0.05) is 24.1 Å². The number of benzene rings is 1. The molecule has 2 heterocycles. The number of amides is 3. The van der Waals surface area contributed by atoms with E-state index in [-0.39, 0.29) is 24.8 Å². The number of piperidine rings is 1. The molecule has 120 valence electrons. The Balaban J connectivity index is 1.88. The zero-order valence-electron chi connectivity index (χ0n) is 12.1. The topological polar surface area (TPSA) is 119 Å². The van der Waals surface area contributed by atoms with Crippen molar-refractivity contribution in [3.63, 3.8) is 0 Å². The van der Waals surface area contributed by atoms with E-state index in [9.17, 15) is 14.4 Å². The molecule has 1 saturated heterocycles. The first-order valence-electron chi connectivity index (χ1n) is 7.14. The molecule has 3 rings (SSSR count). The van der Waals surface area contributed by atoms with E-state index in [1.807, 2.05) is 0 Å². The molecule has 3 amide bonds. The molecule has 0 spiro atoms. The van der Waals surface area contributed by atoms with Gasteiger partial charge in [0.05, 0.1) is 11.9 Å². The average molecular weight is 317 g/mol. The molecule has 8 nitrogen and oxygen atoms in total. The van der Waals surface area contributed by atoms with Crippen LogP contribution in [0.1, 0.15) is 28.8 Å². The molecule has 1 atom stereocenters. The van der Waals surface area contributed by atoms with Crippen LogP contribution in [0.3, 0.4) is 0 Å². The monoisotopic (exact) mass is 317 g/mol. The lowest BCUT2D eigenvalue weighted by Crippen LogP contribution is -2.52. The fourth-order valence-corrected chi connectivity index (χ4v) is 2.84. The minimum absolute atomic E-state index is 0.190. The van der Waals surface area contributed by atoms with Crippen molar-refractivity contribution in [2.45, 2.75) is 31.7 Å². The average Bonchev–Trinajstić information content (AvgIpc) is 2.83. The number of fused-ring (bicyclic) bond motifs is 1. The summed E-state index contributed by atoms with van der Waals surface area (Å²) >= 11 is 0. The van der Waals surface area contributed by atoms with Crippen LogP contribution >= 0.6 is 0 Å². The third-order valence-electron chi connectivity index (χ3n) is 3.90. The van der Waals surface area contributed by atoms with Gasteiger partial charge in [0.15, 0.2) is 6.29 Å². The first-order valence-corrected chi connectivity index (χ1v) is 7.14. The molecule has 2 aliphatic rings. The highest BCUT2D eigenvalue weighted by molar-refractivity contribution is 6.06. The second-order valence-electron chi connectivity index (χ2n) is 5.39. The van der Waals surface area contributed by atoms with Gasteiger partial charge in [-0.1, -0.05) is 6.07 Å². The second-order valence-corrected chi connectivity index (χ2v) is 5.39. The number of hydrogen-bond acceptors (Lipinski definition) is 6. The minimum atomic E-state index is -1.69. The van der Waals surface area contributed by atoms with Crippen molar-refractivity contribution in [2.24, 2.45) is 4.99 Å². The van der Waals surface area contributed by atoms with Crippen LogP contribution < -0.4 is 5.32 Å². The van der Waals surface area contributed by atoms with E-state index in [1.165, 1.54) is 4.90 Å². The Kier molecular flexibility index (Phi) is 3.93. The van der Waals surface area contributed by atoms with E-state index >= 15 is 0 Å². The maximum Gasteiger partial charge on any atom is 0.255 e. The number of nitrogens with zero attached hydrogens (tertiary/aromatic N) is 2. The third kappa shape index (κ3) is 2.86. The fraction of sp³-hybridized carbons (Fsp3) is 0.333. The lowest BCUT2D eigenvalue weighted by Gasteiger charge is -2.29. The summed E-state index contributed by atoms with van der Waals surface area (Å²) in [5, 5.41) is 20.0. The molecular weight excluding hydrogens is 302 g/mol. The maximum absolute atomic E-state index is 12.5. The lowest BCUT2D eigenvalue weighted by atomic mass is 10.0. The Morgan fingerprint density at radius 3 is 2.78 bits per heavy atom. The molecule has 2 aliphatic heterocycles. The summed E-state index contributed by atoms with van der Waals surface area (Å²) in [6.07, 6.45) is -0.250. The van der Waals surface area contributed by atoms with Crippen LogP contribution in [0.25, 0.3) is 0 Å². The van der Waals surface area contributed by atoms with Crippen LogP contribution in [0, 0.1) is 0 Å². The molecule has 1 aromatic rings. The van der Waals surface area contributed by atoms with Gasteiger partial charge in [0.25, 0.3) is 5.91 Å². The lowest BCUT2D eigenvalue weighted by molar-refractivity contribution is -0.136. The molecule has 0 radical (unpaired) electrons. The van der Waals surface area contributed by atoms with E-state index in [1.54, 1.807) is 18.2 Å². The number of aliphatic hydroxyl groups excluding tert-OH is 1. The van der Waals surface area contributed by atoms with E-state index < -0.39 is 18.2 Å². The van der Waals surface area contributed by atoms with Gasteiger partial charge in [-0.25, -0.2) is 0 Å². The summed E-state index contributed by atoms with van der Waals surface area (Å²) in [5.41, 5.74) is 1.50. The van der Waals surface area contributed by atoms with Gasteiger partial charge < -0.3 is 15.1 Å². The Labute approximate surface area is 131 Å². The van der Waals surface area contributed by atoms with Crippen molar-refractivity contribution in [1.82, 2.24) is 10.2 Å². The Bertz CT molecular complexity index is 713. The second kappa shape index (κ2) is 5.90. The van der Waals surface area contributed by atoms with Crippen molar-refractivity contribution >= 4 is 29.6 Å². The van der Waals surface area contributed by atoms with Crippen LogP contribution in [0.2, 0.25) is 0 Å². The number of carbonyl (C=O) groups excluding carboxylic acids is 3. The van der Waals surface area contributed by atoms with Gasteiger partial charge in [0.2, 0.25) is 11.8 Å². The first kappa shape index (κ1) is 15.3. The first-order chi connectivity index (χ1) is 11.0. The van der Waals surface area contributed by atoms with E-state index in [2.05, 4.69) is 10.3 Å². The summed E-state index contributed by atoms with van der Waals surface area (Å²) in [4.78, 5) is 41.1. The summed E-state index contributed by atoms with van der Waals surface area (Å²) in [6.45, 7) is 0.190. The summed E-state index contributed by atoms with van der Waals surface area (Å²) in [6, 6.07) is 4.24. The Hall–Kier alpha value is -2.58. The van der Waals surface area contributed by atoms with Crippen LogP contribution in [0.15, 0.2) is 23.2 Å². The quantitative estimate of drug-likeness (QED) is 0.393. The highest BCUT2D eigenvalue weighted by Crippen LogP contribution is 2.33. The standard InChI is InChI=1S/C15H15N3O5/c19-12-5-4-11(14(22)17-12)18-7-9-8(15(18)23)2-1-3-10(9)16-6-13(20)21/h1-3,6,11,13,20-21H,4-5,7H2,(H,17,19,22). The molecular formula is C15H15N3O5. The maximum atomic E-state index is 12.5. The molecule has 1 fully saturated rings. The summed E-state index contributed by atoms with van der Waals surface area (Å²) in [7, 11) is 0. The van der Waals surface area contributed by atoms with Crippen molar-refractivity contribution in [1.29, 1.82) is 0 Å². The predicted octanol–water partition coefficient (Wildman–Crippen LogP) is -0.539. The molecule has 3 N–H and O–H groups in total. The highest BCUT2D eigenvalue weighted by Gasteiger charge is 2.39. The summed E-state index contributed by atoms with van der Waals surface area (Å²) < 4.78 is 0. The number of carbonyl (C=O) groups is 3.